The molecular weight excluding hydrogens is 437 g/mol. The van der Waals surface area contributed by atoms with Gasteiger partial charge in [-0.05, 0) is 63.6 Å². The van der Waals surface area contributed by atoms with Crippen LogP contribution in [0.15, 0.2) is 12.4 Å². The van der Waals surface area contributed by atoms with E-state index in [4.69, 9.17) is 9.47 Å². The number of esters is 1. The van der Waals surface area contributed by atoms with E-state index in [9.17, 15) is 9.59 Å². The number of carbonyl (C=O) groups is 2. The fourth-order valence-corrected chi connectivity index (χ4v) is 3.52. The molecule has 0 bridgehead atoms. The number of hydrogen-bond acceptors (Lipinski definition) is 5. The van der Waals surface area contributed by atoms with E-state index in [0.29, 0.717) is 13.0 Å². The van der Waals surface area contributed by atoms with Crippen LogP contribution < -0.4 is 0 Å². The summed E-state index contributed by atoms with van der Waals surface area (Å²) in [6.45, 7) is 10.1. The Kier molecular flexibility index (Phi) is 6.34. The number of aromatic nitrogens is 2. The van der Waals surface area contributed by atoms with Crippen molar-refractivity contribution < 1.29 is 19.1 Å². The van der Waals surface area contributed by atoms with E-state index in [2.05, 4.69) is 27.7 Å². The Hall–Kier alpha value is -1.32. The first kappa shape index (κ1) is 20.0. The van der Waals surface area contributed by atoms with E-state index >= 15 is 0 Å². The number of amides is 1. The topological polar surface area (TPSA) is 73.7 Å². The lowest BCUT2D eigenvalue weighted by atomic mass is 10.0. The lowest BCUT2D eigenvalue weighted by Gasteiger charge is -2.31. The van der Waals surface area contributed by atoms with Gasteiger partial charge in [-0.2, -0.15) is 5.10 Å². The highest BCUT2D eigenvalue weighted by atomic mass is 127. The van der Waals surface area contributed by atoms with Crippen LogP contribution in [0.3, 0.4) is 0 Å². The first-order valence-corrected chi connectivity index (χ1v) is 9.56. The van der Waals surface area contributed by atoms with Crippen molar-refractivity contribution in [3.8, 4) is 0 Å². The van der Waals surface area contributed by atoms with Crippen LogP contribution >= 0.6 is 22.6 Å². The third kappa shape index (κ3) is 5.08. The molecule has 2 rings (SSSR count). The second-order valence-electron chi connectivity index (χ2n) is 7.27. The van der Waals surface area contributed by atoms with Gasteiger partial charge in [0.1, 0.15) is 11.6 Å². The van der Waals surface area contributed by atoms with Gasteiger partial charge in [0.2, 0.25) is 0 Å². The average molecular weight is 463 g/mol. The molecule has 1 amide bonds. The van der Waals surface area contributed by atoms with Crippen LogP contribution in [0.1, 0.15) is 41.0 Å². The molecule has 1 aromatic heterocycles. The summed E-state index contributed by atoms with van der Waals surface area (Å²) in [5.74, 6) is -0.282. The maximum absolute atomic E-state index is 12.7. The normalized spacial score (nSPS) is 23.6. The standard InChI is InChI=1S/C17H26IN3O4/c1-6-24-15(22)14-7-12(9-20-10-13(18)8-19-20)11(2)21(14)16(23)25-17(3,4)5/h8,10-12,14H,6-7,9H2,1-5H3/t11-,12-,14+/m1/s1. The second-order valence-corrected chi connectivity index (χ2v) is 8.52. The van der Waals surface area contributed by atoms with E-state index in [1.54, 1.807) is 13.1 Å². The number of carbonyl (C=O) groups excluding carboxylic acids is 2. The highest BCUT2D eigenvalue weighted by Crippen LogP contribution is 2.33. The molecule has 1 aromatic rings. The van der Waals surface area contributed by atoms with Gasteiger partial charge in [0.25, 0.3) is 0 Å². The molecule has 3 atom stereocenters. The Morgan fingerprint density at radius 3 is 2.60 bits per heavy atom. The number of likely N-dealkylation sites (tertiary alicyclic amines) is 1. The predicted molar refractivity (Wildman–Crippen MR) is 101 cm³/mol. The molecule has 0 N–H and O–H groups in total. The summed E-state index contributed by atoms with van der Waals surface area (Å²) < 4.78 is 13.6. The van der Waals surface area contributed by atoms with Gasteiger partial charge in [-0.25, -0.2) is 9.59 Å². The monoisotopic (exact) mass is 463 g/mol. The minimum absolute atomic E-state index is 0.0950. The van der Waals surface area contributed by atoms with Crippen LogP contribution in [0.4, 0.5) is 4.79 Å². The van der Waals surface area contributed by atoms with Crippen LogP contribution in [-0.4, -0.2) is 51.0 Å². The first-order chi connectivity index (χ1) is 11.6. The molecule has 1 saturated heterocycles. The Bertz CT molecular complexity index is 626. The SMILES string of the molecule is CCOC(=O)[C@@H]1C[C@H](Cn2cc(I)cn2)[C@@H](C)N1C(=O)OC(C)(C)C. The molecule has 0 aliphatic carbocycles. The maximum atomic E-state index is 12.7. The van der Waals surface area contributed by atoms with Gasteiger partial charge in [-0.15, -0.1) is 0 Å². The van der Waals surface area contributed by atoms with Crippen molar-refractivity contribution in [1.82, 2.24) is 14.7 Å². The summed E-state index contributed by atoms with van der Waals surface area (Å²) in [6, 6.07) is -0.768. The molecule has 1 fully saturated rings. The molecular formula is C17H26IN3O4. The van der Waals surface area contributed by atoms with Gasteiger partial charge in [-0.1, -0.05) is 0 Å². The van der Waals surface area contributed by atoms with E-state index in [1.807, 2.05) is 38.6 Å². The van der Waals surface area contributed by atoms with Crippen LogP contribution in [0.25, 0.3) is 0 Å². The lowest BCUT2D eigenvalue weighted by Crippen LogP contribution is -2.47. The molecule has 2 heterocycles. The minimum atomic E-state index is -0.621. The summed E-state index contributed by atoms with van der Waals surface area (Å²) in [5.41, 5.74) is -0.619. The molecule has 1 aliphatic heterocycles. The Morgan fingerprint density at radius 1 is 1.40 bits per heavy atom. The summed E-state index contributed by atoms with van der Waals surface area (Å²) >= 11 is 2.21. The van der Waals surface area contributed by atoms with Crippen LogP contribution in [-0.2, 0) is 20.8 Å². The van der Waals surface area contributed by atoms with Crippen molar-refractivity contribution in [3.63, 3.8) is 0 Å². The second kappa shape index (κ2) is 7.92. The molecule has 0 radical (unpaired) electrons. The average Bonchev–Trinajstić information content (AvgIpc) is 3.02. The van der Waals surface area contributed by atoms with Crippen molar-refractivity contribution in [2.24, 2.45) is 5.92 Å². The molecule has 7 nitrogen and oxygen atoms in total. The molecule has 0 aromatic carbocycles. The van der Waals surface area contributed by atoms with Crippen LogP contribution in [0.2, 0.25) is 0 Å². The van der Waals surface area contributed by atoms with Crippen LogP contribution in [0.5, 0.6) is 0 Å². The minimum Gasteiger partial charge on any atom is -0.464 e. The van der Waals surface area contributed by atoms with Gasteiger partial charge in [0, 0.05) is 24.7 Å². The third-order valence-corrected chi connectivity index (χ3v) is 4.73. The predicted octanol–water partition coefficient (Wildman–Crippen LogP) is 3.06. The number of rotatable bonds is 4. The number of nitrogens with zero attached hydrogens (tertiary/aromatic N) is 3. The van der Waals surface area contributed by atoms with Gasteiger partial charge >= 0.3 is 12.1 Å². The van der Waals surface area contributed by atoms with Crippen molar-refractivity contribution in [3.05, 3.63) is 16.0 Å². The fraction of sp³-hybridized carbons (Fsp3) is 0.706. The molecule has 140 valence electrons. The molecule has 0 saturated carbocycles. The van der Waals surface area contributed by atoms with Crippen LogP contribution in [0, 0.1) is 9.49 Å². The highest BCUT2D eigenvalue weighted by Gasteiger charge is 2.47. The van der Waals surface area contributed by atoms with Gasteiger partial charge in [-0.3, -0.25) is 9.58 Å². The largest absolute Gasteiger partial charge is 0.464 e. The molecule has 25 heavy (non-hydrogen) atoms. The van der Waals surface area contributed by atoms with E-state index < -0.39 is 17.7 Å². The number of hydrogen-bond donors (Lipinski definition) is 0. The van der Waals surface area contributed by atoms with E-state index in [1.165, 1.54) is 4.90 Å². The fourth-order valence-electron chi connectivity index (χ4n) is 3.07. The Labute approximate surface area is 162 Å². The molecule has 1 aliphatic rings. The first-order valence-electron chi connectivity index (χ1n) is 8.48. The van der Waals surface area contributed by atoms with Crippen molar-refractivity contribution in [1.29, 1.82) is 0 Å². The van der Waals surface area contributed by atoms with E-state index in [-0.39, 0.29) is 24.5 Å². The third-order valence-electron chi connectivity index (χ3n) is 4.17. The summed E-state index contributed by atoms with van der Waals surface area (Å²) in [5, 5.41) is 4.31. The zero-order chi connectivity index (χ0) is 18.8. The van der Waals surface area contributed by atoms with Crippen molar-refractivity contribution >= 4 is 34.7 Å². The van der Waals surface area contributed by atoms with Crippen molar-refractivity contribution in [2.45, 2.75) is 65.3 Å². The smallest absolute Gasteiger partial charge is 0.411 e. The molecule has 8 heteroatoms. The number of halogens is 1. The summed E-state index contributed by atoms with van der Waals surface area (Å²) in [4.78, 5) is 26.6. The summed E-state index contributed by atoms with van der Waals surface area (Å²) in [6.07, 6.45) is 3.79. The molecule has 0 spiro atoms. The van der Waals surface area contributed by atoms with Gasteiger partial charge in [0.15, 0.2) is 0 Å². The Morgan fingerprint density at radius 2 is 2.08 bits per heavy atom. The zero-order valence-electron chi connectivity index (χ0n) is 15.4. The summed E-state index contributed by atoms with van der Waals surface area (Å²) in [7, 11) is 0. The Balaban J connectivity index is 2.19. The zero-order valence-corrected chi connectivity index (χ0v) is 17.5. The van der Waals surface area contributed by atoms with Gasteiger partial charge < -0.3 is 9.47 Å². The highest BCUT2D eigenvalue weighted by molar-refractivity contribution is 14.1. The van der Waals surface area contributed by atoms with Gasteiger partial charge in [0.05, 0.1) is 16.4 Å². The molecule has 0 unspecified atom stereocenters. The maximum Gasteiger partial charge on any atom is 0.411 e. The number of ether oxygens (including phenoxy) is 2. The lowest BCUT2D eigenvalue weighted by molar-refractivity contribution is -0.148. The quantitative estimate of drug-likeness (QED) is 0.507. The van der Waals surface area contributed by atoms with E-state index in [0.717, 1.165) is 3.57 Å². The van der Waals surface area contributed by atoms with Crippen molar-refractivity contribution in [2.75, 3.05) is 6.61 Å².